The summed E-state index contributed by atoms with van der Waals surface area (Å²) in [6, 6.07) is 7.18. The summed E-state index contributed by atoms with van der Waals surface area (Å²) in [7, 11) is 0. The molecule has 3 atom stereocenters. The first-order valence-electron chi connectivity index (χ1n) is 9.46. The van der Waals surface area contributed by atoms with Crippen LogP contribution in [0.25, 0.3) is 0 Å². The monoisotopic (exact) mass is 506 g/mol. The van der Waals surface area contributed by atoms with E-state index in [4.69, 9.17) is 9.47 Å². The molecule has 0 saturated carbocycles. The molecule has 7 nitrogen and oxygen atoms in total. The number of carbonyl (C=O) groups is 2. The van der Waals surface area contributed by atoms with E-state index in [1.54, 1.807) is 19.1 Å². The second-order valence-corrected chi connectivity index (χ2v) is 7.74. The minimum absolute atomic E-state index is 0.0432. The number of rotatable bonds is 12. The second-order valence-electron chi connectivity index (χ2n) is 6.86. The Balaban J connectivity index is 2.26. The van der Waals surface area contributed by atoms with E-state index in [1.807, 2.05) is 26.0 Å². The number of nitrogens with one attached hydrogen (secondary N) is 2. The van der Waals surface area contributed by atoms with Gasteiger partial charge >= 0.3 is 6.09 Å². The Bertz CT molecular complexity index is 597. The van der Waals surface area contributed by atoms with Gasteiger partial charge in [-0.1, -0.05) is 55.5 Å². The third-order valence-corrected chi connectivity index (χ3v) is 5.35. The van der Waals surface area contributed by atoms with Crippen LogP contribution in [-0.4, -0.2) is 47.4 Å². The molecule has 0 heterocycles. The van der Waals surface area contributed by atoms with Crippen LogP contribution in [0.4, 0.5) is 10.5 Å². The predicted octanol–water partition coefficient (Wildman–Crippen LogP) is 3.35. The lowest BCUT2D eigenvalue weighted by atomic mass is 9.97. The van der Waals surface area contributed by atoms with E-state index < -0.39 is 12.2 Å². The molecule has 0 saturated heterocycles. The van der Waals surface area contributed by atoms with Gasteiger partial charge in [0.05, 0.1) is 12.7 Å². The molecular formula is C20H31IN2O5. The van der Waals surface area contributed by atoms with Crippen LogP contribution >= 0.6 is 22.6 Å². The molecule has 0 aliphatic carbocycles. The summed E-state index contributed by atoms with van der Waals surface area (Å²) in [5.74, 6) is 0.414. The van der Waals surface area contributed by atoms with Gasteiger partial charge in [-0.05, 0) is 29.5 Å². The van der Waals surface area contributed by atoms with Crippen molar-refractivity contribution in [2.45, 2.75) is 39.9 Å². The zero-order valence-electron chi connectivity index (χ0n) is 16.7. The lowest BCUT2D eigenvalue weighted by molar-refractivity contribution is -0.115. The molecule has 0 aromatic heterocycles. The highest BCUT2D eigenvalue weighted by Crippen LogP contribution is 2.12. The van der Waals surface area contributed by atoms with E-state index in [0.29, 0.717) is 30.6 Å². The summed E-state index contributed by atoms with van der Waals surface area (Å²) in [6.45, 7) is 7.39. The highest BCUT2D eigenvalue weighted by Gasteiger charge is 2.15. The fourth-order valence-corrected chi connectivity index (χ4v) is 2.43. The van der Waals surface area contributed by atoms with Crippen LogP contribution in [-0.2, 0) is 20.9 Å². The third kappa shape index (κ3) is 10.2. The molecule has 0 fully saturated rings. The number of anilines is 1. The number of alkyl carbamates (subject to hydrolysis) is 1. The van der Waals surface area contributed by atoms with Crippen molar-refractivity contribution in [1.82, 2.24) is 5.32 Å². The van der Waals surface area contributed by atoms with Crippen LogP contribution in [0.5, 0.6) is 0 Å². The molecule has 8 heteroatoms. The summed E-state index contributed by atoms with van der Waals surface area (Å²) in [5, 5.41) is 15.0. The van der Waals surface area contributed by atoms with Gasteiger partial charge in [-0.15, -0.1) is 0 Å². The van der Waals surface area contributed by atoms with Gasteiger partial charge in [-0.3, -0.25) is 4.79 Å². The molecule has 0 spiro atoms. The van der Waals surface area contributed by atoms with Crippen LogP contribution in [0.1, 0.15) is 32.8 Å². The number of carbonyl (C=O) groups excluding carboxylic acids is 2. The minimum atomic E-state index is -0.469. The molecule has 1 aromatic carbocycles. The highest BCUT2D eigenvalue weighted by molar-refractivity contribution is 14.1. The molecule has 1 rings (SSSR count). The summed E-state index contributed by atoms with van der Waals surface area (Å²) in [5.41, 5.74) is 1.56. The Labute approximate surface area is 180 Å². The third-order valence-electron chi connectivity index (χ3n) is 4.34. The molecule has 1 aromatic rings. The van der Waals surface area contributed by atoms with Gasteiger partial charge in [0.25, 0.3) is 0 Å². The zero-order chi connectivity index (χ0) is 20.9. The molecule has 28 heavy (non-hydrogen) atoms. The van der Waals surface area contributed by atoms with E-state index in [9.17, 15) is 14.7 Å². The Morgan fingerprint density at radius 3 is 2.43 bits per heavy atom. The number of ether oxygens (including phenoxy) is 2. The molecule has 3 N–H and O–H groups in total. The molecule has 158 valence electrons. The summed E-state index contributed by atoms with van der Waals surface area (Å²) in [4.78, 5) is 23.2. The van der Waals surface area contributed by atoms with Gasteiger partial charge in [0.15, 0.2) is 0 Å². The standard InChI is InChI=1S/C20H31IN2O5/c1-4-19(25)23-17-7-5-16(6-8-17)12-28-20(26)22-10-14(2)15(3)11-27-13-18(24)9-21/h5-8,14-15,18,24H,4,9-13H2,1-3H3,(H,22,26)(H,23,25). The maximum atomic E-state index is 11.9. The van der Waals surface area contributed by atoms with Crippen molar-refractivity contribution < 1.29 is 24.2 Å². The first kappa shape index (κ1) is 24.6. The van der Waals surface area contributed by atoms with E-state index in [-0.39, 0.29) is 24.3 Å². The topological polar surface area (TPSA) is 96.9 Å². The van der Waals surface area contributed by atoms with Crippen molar-refractivity contribution in [3.8, 4) is 0 Å². The smallest absolute Gasteiger partial charge is 0.407 e. The number of benzene rings is 1. The lowest BCUT2D eigenvalue weighted by Crippen LogP contribution is -2.32. The van der Waals surface area contributed by atoms with E-state index in [1.165, 1.54) is 0 Å². The SMILES string of the molecule is CCC(=O)Nc1ccc(COC(=O)NCC(C)C(C)COCC(O)CI)cc1. The second kappa shape index (κ2) is 13.7. The van der Waals surface area contributed by atoms with Gasteiger partial charge in [-0.2, -0.15) is 0 Å². The van der Waals surface area contributed by atoms with Crippen molar-refractivity contribution in [2.24, 2.45) is 11.8 Å². The van der Waals surface area contributed by atoms with Gasteiger partial charge in [0.2, 0.25) is 5.91 Å². The number of aliphatic hydroxyl groups is 1. The van der Waals surface area contributed by atoms with E-state index in [0.717, 1.165) is 11.3 Å². The maximum Gasteiger partial charge on any atom is 0.407 e. The number of aliphatic hydroxyl groups excluding tert-OH is 1. The number of amides is 2. The fraction of sp³-hybridized carbons (Fsp3) is 0.600. The number of alkyl halides is 1. The molecule has 3 unspecified atom stereocenters. The summed E-state index contributed by atoms with van der Waals surface area (Å²) < 4.78 is 11.4. The van der Waals surface area contributed by atoms with Crippen molar-refractivity contribution >= 4 is 40.3 Å². The Hall–Kier alpha value is -1.39. The van der Waals surface area contributed by atoms with Crippen molar-refractivity contribution in [3.63, 3.8) is 0 Å². The van der Waals surface area contributed by atoms with Crippen molar-refractivity contribution in [1.29, 1.82) is 0 Å². The lowest BCUT2D eigenvalue weighted by Gasteiger charge is -2.21. The predicted molar refractivity (Wildman–Crippen MR) is 118 cm³/mol. The number of hydrogen-bond donors (Lipinski definition) is 3. The molecular weight excluding hydrogens is 475 g/mol. The number of hydrogen-bond acceptors (Lipinski definition) is 5. The highest BCUT2D eigenvalue weighted by atomic mass is 127. The molecule has 0 radical (unpaired) electrons. The molecule has 0 aliphatic heterocycles. The average Bonchev–Trinajstić information content (AvgIpc) is 2.70. The van der Waals surface area contributed by atoms with E-state index in [2.05, 4.69) is 33.2 Å². The minimum Gasteiger partial charge on any atom is -0.445 e. The molecule has 2 amide bonds. The number of halogens is 1. The average molecular weight is 506 g/mol. The summed E-state index contributed by atoms with van der Waals surface area (Å²) >= 11 is 2.12. The van der Waals surface area contributed by atoms with Crippen LogP contribution in [0, 0.1) is 11.8 Å². The zero-order valence-corrected chi connectivity index (χ0v) is 18.9. The van der Waals surface area contributed by atoms with Gasteiger partial charge in [0, 0.05) is 29.7 Å². The first-order chi connectivity index (χ1) is 13.3. The van der Waals surface area contributed by atoms with Crippen LogP contribution in [0.3, 0.4) is 0 Å². The maximum absolute atomic E-state index is 11.9. The Morgan fingerprint density at radius 2 is 1.82 bits per heavy atom. The normalized spacial score (nSPS) is 14.0. The van der Waals surface area contributed by atoms with Crippen LogP contribution < -0.4 is 10.6 Å². The first-order valence-corrected chi connectivity index (χ1v) is 11.0. The van der Waals surface area contributed by atoms with Crippen molar-refractivity contribution in [3.05, 3.63) is 29.8 Å². The Morgan fingerprint density at radius 1 is 1.14 bits per heavy atom. The fourth-order valence-electron chi connectivity index (χ4n) is 2.18. The Kier molecular flexibility index (Phi) is 12.1. The van der Waals surface area contributed by atoms with Gasteiger partial charge in [-0.25, -0.2) is 4.79 Å². The molecule has 0 bridgehead atoms. The quantitative estimate of drug-likeness (QED) is 0.299. The van der Waals surface area contributed by atoms with Crippen LogP contribution in [0.2, 0.25) is 0 Å². The van der Waals surface area contributed by atoms with Crippen LogP contribution in [0.15, 0.2) is 24.3 Å². The van der Waals surface area contributed by atoms with Gasteiger partial charge in [0.1, 0.15) is 6.61 Å². The van der Waals surface area contributed by atoms with Crippen molar-refractivity contribution in [2.75, 3.05) is 29.5 Å². The van der Waals surface area contributed by atoms with Gasteiger partial charge < -0.3 is 25.2 Å². The van der Waals surface area contributed by atoms with E-state index >= 15 is 0 Å². The summed E-state index contributed by atoms with van der Waals surface area (Å²) in [6.07, 6.45) is -0.481. The largest absolute Gasteiger partial charge is 0.445 e. The molecule has 0 aliphatic rings.